The molecule has 0 radical (unpaired) electrons. The summed E-state index contributed by atoms with van der Waals surface area (Å²) in [5.41, 5.74) is 0. The molecule has 1 aliphatic heterocycles. The van der Waals surface area contributed by atoms with Crippen LogP contribution in [0.2, 0.25) is 6.32 Å². The normalized spacial score (nSPS) is 14.1. The van der Waals surface area contributed by atoms with Crippen LogP contribution in [0.15, 0.2) is 36.7 Å². The summed E-state index contributed by atoms with van der Waals surface area (Å²) in [4.78, 5) is 8.89. The first-order chi connectivity index (χ1) is 7.47. The topological polar surface area (TPSA) is 44.2 Å². The maximum Gasteiger partial charge on any atom is 0.325 e. The largest absolute Gasteiger partial charge is 0.325 e. The predicted molar refractivity (Wildman–Crippen MR) is 58.5 cm³/mol. The molecule has 0 amide bonds. The van der Waals surface area contributed by atoms with Crippen molar-refractivity contribution in [2.75, 3.05) is 6.61 Å². The second-order valence-corrected chi connectivity index (χ2v) is 3.12. The molecule has 15 heavy (non-hydrogen) atoms. The Labute approximate surface area is 88.4 Å². The summed E-state index contributed by atoms with van der Waals surface area (Å²) in [6, 6.07) is 8.02. The Bertz CT molecular complexity index is 348. The number of hydrogen-bond acceptors (Lipinski definition) is 4. The van der Waals surface area contributed by atoms with Crippen LogP contribution in [0.3, 0.4) is 0 Å². The van der Waals surface area contributed by atoms with Crippen molar-refractivity contribution in [3.05, 3.63) is 36.7 Å². The monoisotopic (exact) mass is 202 g/mol. The van der Waals surface area contributed by atoms with Crippen molar-refractivity contribution >= 4 is 18.3 Å². The van der Waals surface area contributed by atoms with Gasteiger partial charge in [0.1, 0.15) is 0 Å². The van der Waals surface area contributed by atoms with Gasteiger partial charge in [-0.2, -0.15) is 10.2 Å². The fraction of sp³-hybridized carbons (Fsp3) is 0.200. The first kappa shape index (κ1) is 10.1. The molecule has 0 spiro atoms. The average Bonchev–Trinajstić information content (AvgIpc) is 2.88. The number of aromatic nitrogens is 2. The molecule has 76 valence electrons. The van der Waals surface area contributed by atoms with Crippen LogP contribution in [0.5, 0.6) is 0 Å². The molecule has 0 N–H and O–H groups in total. The third-order valence-corrected chi connectivity index (χ3v) is 1.99. The molecule has 1 fully saturated rings. The van der Waals surface area contributed by atoms with E-state index in [1.54, 1.807) is 12.4 Å². The maximum atomic E-state index is 4.44. The molecule has 0 unspecified atom stereocenters. The van der Waals surface area contributed by atoms with Crippen LogP contribution < -0.4 is 0 Å². The molecule has 0 bridgehead atoms. The van der Waals surface area contributed by atoms with E-state index in [2.05, 4.69) is 19.9 Å². The molecule has 5 heteroatoms. The van der Waals surface area contributed by atoms with Crippen molar-refractivity contribution in [1.82, 2.24) is 10.2 Å². The van der Waals surface area contributed by atoms with E-state index < -0.39 is 0 Å². The van der Waals surface area contributed by atoms with Crippen LogP contribution in [0.1, 0.15) is 0 Å². The van der Waals surface area contributed by atoms with Gasteiger partial charge in [0.25, 0.3) is 0 Å². The zero-order valence-corrected chi connectivity index (χ0v) is 8.30. The molecule has 0 atom stereocenters. The Morgan fingerprint density at radius 3 is 2.13 bits per heavy atom. The number of nitrogens with zero attached hydrogens (tertiary/aromatic N) is 2. The highest BCUT2D eigenvalue weighted by Crippen LogP contribution is 2.08. The molecule has 3 rings (SSSR count). The van der Waals surface area contributed by atoms with Gasteiger partial charge in [0.05, 0.1) is 19.0 Å². The smallest absolute Gasteiger partial charge is 0.310 e. The molecule has 1 aliphatic rings. The Kier molecular flexibility index (Phi) is 3.65. The molecule has 0 saturated carbocycles. The highest BCUT2D eigenvalue weighted by molar-refractivity contribution is 6.27. The van der Waals surface area contributed by atoms with Crippen LogP contribution in [0.4, 0.5) is 0 Å². The second kappa shape index (κ2) is 5.43. The minimum atomic E-state index is 0.778. The molecule has 1 saturated heterocycles. The van der Waals surface area contributed by atoms with Gasteiger partial charge < -0.3 is 4.81 Å². The molecular formula is C10H11BN2O2. The molecule has 0 aliphatic carbocycles. The van der Waals surface area contributed by atoms with Crippen molar-refractivity contribution in [1.29, 1.82) is 0 Å². The van der Waals surface area contributed by atoms with E-state index in [4.69, 9.17) is 0 Å². The fourth-order valence-electron chi connectivity index (χ4n) is 1.23. The zero-order valence-electron chi connectivity index (χ0n) is 8.30. The third-order valence-electron chi connectivity index (χ3n) is 1.99. The van der Waals surface area contributed by atoms with Crippen LogP contribution in [-0.4, -0.2) is 24.3 Å². The quantitative estimate of drug-likeness (QED) is 0.477. The minimum absolute atomic E-state index is 0.778. The van der Waals surface area contributed by atoms with Gasteiger partial charge in [-0.1, -0.05) is 24.3 Å². The molecule has 2 aromatic rings. The Balaban J connectivity index is 0.000000144. The number of hydrogen-bond donors (Lipinski definition) is 0. The molecule has 2 heterocycles. The molecule has 1 aromatic heterocycles. The van der Waals surface area contributed by atoms with E-state index in [-0.39, 0.29) is 0 Å². The standard InChI is InChI=1S/C8H6N2.C2H5BO2/c1-2-4-8-6-10-9-5-7(8)3-1;1-2-4-5-3-1/h1-6H;3H,1-2H2. The van der Waals surface area contributed by atoms with Crippen LogP contribution in [0, 0.1) is 0 Å². The molecular weight excluding hydrogens is 191 g/mol. The zero-order chi connectivity index (χ0) is 10.3. The summed E-state index contributed by atoms with van der Waals surface area (Å²) in [6.07, 6.45) is 4.57. The predicted octanol–water partition coefficient (Wildman–Crippen LogP) is 1.35. The van der Waals surface area contributed by atoms with Gasteiger partial charge in [-0.25, -0.2) is 0 Å². The summed E-state index contributed by atoms with van der Waals surface area (Å²) >= 11 is 0. The first-order valence-corrected chi connectivity index (χ1v) is 4.87. The van der Waals surface area contributed by atoms with Gasteiger partial charge in [-0.15, -0.1) is 0 Å². The van der Waals surface area contributed by atoms with Gasteiger partial charge in [-0.05, 0) is 6.32 Å². The summed E-state index contributed by atoms with van der Waals surface area (Å²) in [5.74, 6) is 0. The van der Waals surface area contributed by atoms with Gasteiger partial charge in [0.2, 0.25) is 0 Å². The van der Waals surface area contributed by atoms with Gasteiger partial charge >= 0.3 is 7.48 Å². The minimum Gasteiger partial charge on any atom is -0.310 e. The molecule has 4 nitrogen and oxygen atoms in total. The van der Waals surface area contributed by atoms with Crippen LogP contribution >= 0.6 is 0 Å². The SMILES string of the molecule is B1CCOO1.c1ccc2cnncc2c1. The van der Waals surface area contributed by atoms with Crippen molar-refractivity contribution in [3.63, 3.8) is 0 Å². The van der Waals surface area contributed by atoms with E-state index in [1.165, 1.54) is 0 Å². The summed E-state index contributed by atoms with van der Waals surface area (Å²) < 4.78 is 0. The second-order valence-electron chi connectivity index (χ2n) is 3.12. The Morgan fingerprint density at radius 2 is 1.73 bits per heavy atom. The summed E-state index contributed by atoms with van der Waals surface area (Å²) in [6.45, 7) is 0.778. The van der Waals surface area contributed by atoms with E-state index >= 15 is 0 Å². The molecule has 1 aromatic carbocycles. The van der Waals surface area contributed by atoms with E-state index in [0.29, 0.717) is 0 Å². The third kappa shape index (κ3) is 3.01. The van der Waals surface area contributed by atoms with E-state index in [1.807, 2.05) is 24.3 Å². The number of fused-ring (bicyclic) bond motifs is 1. The number of rotatable bonds is 0. The van der Waals surface area contributed by atoms with E-state index in [9.17, 15) is 0 Å². The van der Waals surface area contributed by atoms with Crippen molar-refractivity contribution < 1.29 is 9.69 Å². The summed E-state index contributed by atoms with van der Waals surface area (Å²) in [7, 11) is 0.778. The van der Waals surface area contributed by atoms with Gasteiger partial charge in [-0.3, -0.25) is 4.89 Å². The maximum absolute atomic E-state index is 4.44. The Hall–Kier alpha value is -1.46. The lowest BCUT2D eigenvalue weighted by atomic mass is 9.99. The lowest BCUT2D eigenvalue weighted by Crippen LogP contribution is -1.78. The lowest BCUT2D eigenvalue weighted by molar-refractivity contribution is -0.181. The summed E-state index contributed by atoms with van der Waals surface area (Å²) in [5, 5.41) is 9.80. The van der Waals surface area contributed by atoms with Crippen LogP contribution in [0.25, 0.3) is 10.8 Å². The van der Waals surface area contributed by atoms with Crippen molar-refractivity contribution in [3.8, 4) is 0 Å². The van der Waals surface area contributed by atoms with Crippen molar-refractivity contribution in [2.45, 2.75) is 6.32 Å². The first-order valence-electron chi connectivity index (χ1n) is 4.87. The lowest BCUT2D eigenvalue weighted by Gasteiger charge is -1.90. The highest BCUT2D eigenvalue weighted by atomic mass is 17.2. The highest BCUT2D eigenvalue weighted by Gasteiger charge is 1.99. The van der Waals surface area contributed by atoms with Gasteiger partial charge in [0, 0.05) is 10.8 Å². The van der Waals surface area contributed by atoms with Crippen LogP contribution in [-0.2, 0) is 9.69 Å². The fourth-order valence-corrected chi connectivity index (χ4v) is 1.23. The van der Waals surface area contributed by atoms with E-state index in [0.717, 1.165) is 31.2 Å². The van der Waals surface area contributed by atoms with Gasteiger partial charge in [0.15, 0.2) is 0 Å². The Morgan fingerprint density at radius 1 is 1.07 bits per heavy atom. The average molecular weight is 202 g/mol. The number of benzene rings is 1. The van der Waals surface area contributed by atoms with Crippen molar-refractivity contribution in [2.24, 2.45) is 0 Å².